The van der Waals surface area contributed by atoms with E-state index in [0.29, 0.717) is 22.3 Å². The molecule has 1 fully saturated rings. The van der Waals surface area contributed by atoms with Crippen LogP contribution in [-0.4, -0.2) is 40.3 Å². The zero-order valence-electron chi connectivity index (χ0n) is 19.4. The van der Waals surface area contributed by atoms with Gasteiger partial charge in [-0.05, 0) is 47.5 Å². The topological polar surface area (TPSA) is 36.7 Å². The van der Waals surface area contributed by atoms with Crippen LogP contribution in [0.5, 0.6) is 0 Å². The van der Waals surface area contributed by atoms with Gasteiger partial charge < -0.3 is 9.32 Å². The van der Waals surface area contributed by atoms with Crippen molar-refractivity contribution in [3.8, 4) is 0 Å². The number of para-hydroxylation sites is 1. The van der Waals surface area contributed by atoms with Gasteiger partial charge in [-0.2, -0.15) is 0 Å². The quantitative estimate of drug-likeness (QED) is 0.300. The van der Waals surface area contributed by atoms with Crippen LogP contribution in [0.15, 0.2) is 88.3 Å². The number of rotatable bonds is 5. The first-order valence-corrected chi connectivity index (χ1v) is 13.0. The van der Waals surface area contributed by atoms with E-state index in [-0.39, 0.29) is 23.1 Å². The van der Waals surface area contributed by atoms with Gasteiger partial charge in [0.1, 0.15) is 21.5 Å². The summed E-state index contributed by atoms with van der Waals surface area (Å²) in [5.74, 6) is -0.131. The summed E-state index contributed by atoms with van der Waals surface area (Å²) in [6.45, 7) is 2.91. The highest BCUT2D eigenvalue weighted by Crippen LogP contribution is 2.30. The standard InChI is InChI=1S/C28H24F2N2O2S2/c29-22-9-5-19(6-10-22)26(20-7-11-23(30)12-8-20)31-13-15-32(16-14-31)28(35)36-18-21-17-34-25-4-2-1-3-24(25)27(21)33/h1-12,17,26H,13-16,18H2. The van der Waals surface area contributed by atoms with Crippen LogP contribution < -0.4 is 5.43 Å². The Morgan fingerprint density at radius 2 is 1.47 bits per heavy atom. The summed E-state index contributed by atoms with van der Waals surface area (Å²) in [5.41, 5.74) is 3.05. The van der Waals surface area contributed by atoms with Crippen molar-refractivity contribution in [3.05, 3.63) is 118 Å². The molecule has 0 unspecified atom stereocenters. The molecule has 1 aliphatic rings. The van der Waals surface area contributed by atoms with Crippen molar-refractivity contribution in [1.82, 2.24) is 9.80 Å². The van der Waals surface area contributed by atoms with Crippen molar-refractivity contribution in [2.45, 2.75) is 11.8 Å². The SMILES string of the molecule is O=c1c(CSC(=S)N2CCN(C(c3ccc(F)cc3)c3ccc(F)cc3)CC2)coc2ccccc12. The second-order valence-electron chi connectivity index (χ2n) is 8.67. The summed E-state index contributed by atoms with van der Waals surface area (Å²) in [7, 11) is 0. The molecule has 3 aromatic carbocycles. The highest BCUT2D eigenvalue weighted by atomic mass is 32.2. The third kappa shape index (κ3) is 5.36. The van der Waals surface area contributed by atoms with Crippen LogP contribution in [-0.2, 0) is 5.75 Å². The average molecular weight is 523 g/mol. The third-order valence-corrected chi connectivity index (χ3v) is 7.98. The summed E-state index contributed by atoms with van der Waals surface area (Å²) in [6, 6.07) is 20.1. The molecular weight excluding hydrogens is 498 g/mol. The predicted molar refractivity (Wildman–Crippen MR) is 144 cm³/mol. The van der Waals surface area contributed by atoms with Crippen molar-refractivity contribution >= 4 is 39.3 Å². The van der Waals surface area contributed by atoms with Crippen LogP contribution in [0.1, 0.15) is 22.7 Å². The molecule has 2 heterocycles. The molecule has 1 aromatic heterocycles. The molecule has 0 saturated carbocycles. The Morgan fingerprint density at radius 3 is 2.08 bits per heavy atom. The van der Waals surface area contributed by atoms with Gasteiger partial charge in [0, 0.05) is 37.5 Å². The lowest BCUT2D eigenvalue weighted by Crippen LogP contribution is -2.48. The Balaban J connectivity index is 1.25. The molecule has 0 spiro atoms. The Kier molecular flexibility index (Phi) is 7.46. The van der Waals surface area contributed by atoms with Crippen molar-refractivity contribution < 1.29 is 13.2 Å². The summed E-state index contributed by atoms with van der Waals surface area (Å²) in [4.78, 5) is 17.2. The first-order valence-electron chi connectivity index (χ1n) is 11.7. The van der Waals surface area contributed by atoms with Crippen molar-refractivity contribution in [1.29, 1.82) is 0 Å². The number of nitrogens with zero attached hydrogens (tertiary/aromatic N) is 2. The van der Waals surface area contributed by atoms with Gasteiger partial charge in [-0.25, -0.2) is 8.78 Å². The van der Waals surface area contributed by atoms with Crippen LogP contribution in [0.4, 0.5) is 8.78 Å². The number of halogens is 2. The number of hydrogen-bond acceptors (Lipinski definition) is 5. The van der Waals surface area contributed by atoms with E-state index in [4.69, 9.17) is 16.6 Å². The third-order valence-electron chi connectivity index (χ3n) is 6.41. The summed E-state index contributed by atoms with van der Waals surface area (Å²) < 4.78 is 33.5. The molecule has 184 valence electrons. The molecule has 5 rings (SSSR count). The second-order valence-corrected chi connectivity index (χ2v) is 10.3. The Bertz CT molecular complexity index is 1370. The number of thiocarbonyl (C=S) groups is 1. The fourth-order valence-electron chi connectivity index (χ4n) is 4.52. The van der Waals surface area contributed by atoms with Gasteiger partial charge in [0.15, 0.2) is 5.43 Å². The summed E-state index contributed by atoms with van der Waals surface area (Å²) in [5, 5.41) is 0.572. The molecule has 1 saturated heterocycles. The molecule has 0 aliphatic carbocycles. The molecule has 0 radical (unpaired) electrons. The maximum atomic E-state index is 13.6. The average Bonchev–Trinajstić information content (AvgIpc) is 2.91. The molecule has 0 N–H and O–H groups in total. The van der Waals surface area contributed by atoms with Gasteiger partial charge in [0.2, 0.25) is 0 Å². The summed E-state index contributed by atoms with van der Waals surface area (Å²) in [6.07, 6.45) is 1.52. The minimum absolute atomic E-state index is 0.0293. The van der Waals surface area contributed by atoms with Gasteiger partial charge >= 0.3 is 0 Å². The smallest absolute Gasteiger partial charge is 0.196 e. The Labute approximate surface area is 217 Å². The Morgan fingerprint density at radius 1 is 0.889 bits per heavy atom. The van der Waals surface area contributed by atoms with Gasteiger partial charge in [-0.3, -0.25) is 9.69 Å². The van der Waals surface area contributed by atoms with Crippen molar-refractivity contribution in [3.63, 3.8) is 0 Å². The van der Waals surface area contributed by atoms with Crippen LogP contribution in [0.2, 0.25) is 0 Å². The number of fused-ring (bicyclic) bond motifs is 1. The minimum atomic E-state index is -0.288. The van der Waals surface area contributed by atoms with Gasteiger partial charge in [-0.15, -0.1) is 0 Å². The van der Waals surface area contributed by atoms with Gasteiger partial charge in [0.05, 0.1) is 17.7 Å². The van der Waals surface area contributed by atoms with Gasteiger partial charge in [0.25, 0.3) is 0 Å². The van der Waals surface area contributed by atoms with Crippen LogP contribution in [0.3, 0.4) is 0 Å². The molecule has 1 aliphatic heterocycles. The lowest BCUT2D eigenvalue weighted by atomic mass is 9.96. The maximum absolute atomic E-state index is 13.6. The highest BCUT2D eigenvalue weighted by molar-refractivity contribution is 8.22. The maximum Gasteiger partial charge on any atom is 0.196 e. The number of benzene rings is 3. The van der Waals surface area contributed by atoms with E-state index in [0.717, 1.165) is 41.6 Å². The molecule has 4 aromatic rings. The highest BCUT2D eigenvalue weighted by Gasteiger charge is 2.27. The molecule has 4 nitrogen and oxygen atoms in total. The molecular formula is C28H24F2N2O2S2. The summed E-state index contributed by atoms with van der Waals surface area (Å²) >= 11 is 7.15. The van der Waals surface area contributed by atoms with E-state index in [1.54, 1.807) is 36.4 Å². The largest absolute Gasteiger partial charge is 0.464 e. The molecule has 8 heteroatoms. The van der Waals surface area contributed by atoms with Crippen LogP contribution in [0, 0.1) is 11.6 Å². The second kappa shape index (κ2) is 10.9. The van der Waals surface area contributed by atoms with E-state index >= 15 is 0 Å². The van der Waals surface area contributed by atoms with E-state index in [1.807, 2.05) is 12.1 Å². The molecule has 0 atom stereocenters. The first-order chi connectivity index (χ1) is 17.5. The van der Waals surface area contributed by atoms with E-state index in [2.05, 4.69) is 9.80 Å². The normalized spacial score (nSPS) is 14.5. The number of piperazine rings is 1. The van der Waals surface area contributed by atoms with Crippen LogP contribution in [0.25, 0.3) is 11.0 Å². The zero-order valence-corrected chi connectivity index (χ0v) is 21.0. The molecule has 0 bridgehead atoms. The zero-order chi connectivity index (χ0) is 25.1. The lowest BCUT2D eigenvalue weighted by molar-refractivity contribution is 0.153. The van der Waals surface area contributed by atoms with Crippen molar-refractivity contribution in [2.75, 3.05) is 26.2 Å². The fourth-order valence-corrected chi connectivity index (χ4v) is 5.72. The monoisotopic (exact) mass is 522 g/mol. The van der Waals surface area contributed by atoms with E-state index in [9.17, 15) is 13.6 Å². The van der Waals surface area contributed by atoms with E-state index < -0.39 is 0 Å². The molecule has 0 amide bonds. The lowest BCUT2D eigenvalue weighted by Gasteiger charge is -2.40. The number of hydrogen-bond donors (Lipinski definition) is 0. The first kappa shape index (κ1) is 24.6. The van der Waals surface area contributed by atoms with Gasteiger partial charge in [-0.1, -0.05) is 60.4 Å². The van der Waals surface area contributed by atoms with E-state index in [1.165, 1.54) is 42.3 Å². The van der Waals surface area contributed by atoms with Crippen molar-refractivity contribution in [2.24, 2.45) is 0 Å². The van der Waals surface area contributed by atoms with Crippen LogP contribution >= 0.6 is 24.0 Å². The Hall–Kier alpha value is -3.07. The number of thioether (sulfide) groups is 1. The minimum Gasteiger partial charge on any atom is -0.464 e. The molecule has 36 heavy (non-hydrogen) atoms. The fraction of sp³-hybridized carbons (Fsp3) is 0.214. The predicted octanol–water partition coefficient (Wildman–Crippen LogP) is 6.00.